The number of ether oxygens (including phenoxy) is 2. The molecule has 5 heterocycles. The normalized spacial score (nSPS) is 12.2. The fourth-order valence-corrected chi connectivity index (χ4v) is 6.94. The molecule has 4 aromatic heterocycles. The van der Waals surface area contributed by atoms with Gasteiger partial charge in [-0.15, -0.1) is 0 Å². The number of rotatable bonds is 4. The van der Waals surface area contributed by atoms with Gasteiger partial charge in [-0.3, -0.25) is 47.5 Å². The molecular weight excluding hydrogens is 759 g/mol. The summed E-state index contributed by atoms with van der Waals surface area (Å²) in [6.07, 6.45) is 3.02. The molecule has 0 unspecified atom stereocenters. The topological polar surface area (TPSA) is 228 Å². The molecule has 0 saturated carbocycles. The number of aryl methyl sites for hydroxylation is 2. The molecule has 0 amide bonds. The number of benzene rings is 4. The van der Waals surface area contributed by atoms with Gasteiger partial charge in [0.1, 0.15) is 43.6 Å². The van der Waals surface area contributed by atoms with Crippen LogP contribution in [0, 0.1) is 13.8 Å². The van der Waals surface area contributed by atoms with Crippen molar-refractivity contribution in [3.8, 4) is 11.5 Å². The van der Waals surface area contributed by atoms with E-state index < -0.39 is 65.5 Å². The molecule has 0 atom stereocenters. The number of hydrogen-bond acceptors (Lipinski definition) is 10. The van der Waals surface area contributed by atoms with Crippen molar-refractivity contribution in [1.82, 2.24) is 29.1 Å². The van der Waals surface area contributed by atoms with E-state index in [-0.39, 0.29) is 47.0 Å². The Morgan fingerprint density at radius 3 is 1.44 bits per heavy atom. The molecule has 0 fully saturated rings. The Hall–Kier alpha value is -6.78. The molecule has 0 saturated heterocycles. The number of nitrogens with one attached hydrogen (secondary N) is 4. The van der Waals surface area contributed by atoms with Crippen molar-refractivity contribution < 1.29 is 9.47 Å². The molecule has 16 nitrogen and oxygen atoms in total. The van der Waals surface area contributed by atoms with E-state index in [1.807, 2.05) is 0 Å². The second-order valence-electron chi connectivity index (χ2n) is 12.8. The highest BCUT2D eigenvalue weighted by Crippen LogP contribution is 2.32. The Labute approximate surface area is 313 Å². The number of halogens is 2. The van der Waals surface area contributed by atoms with Crippen LogP contribution in [0.3, 0.4) is 0 Å². The van der Waals surface area contributed by atoms with Gasteiger partial charge in [-0.05, 0) is 49.2 Å². The fourth-order valence-electron chi connectivity index (χ4n) is 6.62. The minimum absolute atomic E-state index is 0.0187. The van der Waals surface area contributed by atoms with Crippen LogP contribution in [-0.2, 0) is 13.1 Å². The predicted octanol–water partition coefficient (Wildman–Crippen LogP) is 2.41. The molecule has 55 heavy (non-hydrogen) atoms. The first-order chi connectivity index (χ1) is 26.2. The van der Waals surface area contributed by atoms with Gasteiger partial charge in [0, 0.05) is 23.8 Å². The molecule has 4 N–H and O–H groups in total. The third kappa shape index (κ3) is 5.61. The number of aromatic amines is 4. The molecule has 0 spiro atoms. The Balaban J connectivity index is 0.000000155. The maximum absolute atomic E-state index is 12.8. The standard InChI is InChI=1S/C19H13N3O6.C18H11Cl2N3O4/c1-8-5-20-14-15(21-8)17(24)13-12(16(14)23)18(25)22(19(13)26)6-9-2-3-10-11(4-9)28-7-27-10;1-7-5-21-13-14(22-7)16(25)12-11(15(13)24)17(26)23(18(12)27)6-8-2-3-9(19)10(20)4-8/h2-5,20-21H,6-7H2,1H3;2-5,21-22H,6H2,1H3. The Bertz CT molecular complexity index is 3440. The summed E-state index contributed by atoms with van der Waals surface area (Å²) in [6.45, 7) is 3.27. The third-order valence-electron chi connectivity index (χ3n) is 9.27. The lowest BCUT2D eigenvalue weighted by Crippen LogP contribution is -2.27. The molecule has 1 aliphatic rings. The van der Waals surface area contributed by atoms with Gasteiger partial charge >= 0.3 is 0 Å². The smallest absolute Gasteiger partial charge is 0.266 e. The van der Waals surface area contributed by atoms with Gasteiger partial charge in [-0.25, -0.2) is 0 Å². The lowest BCUT2D eigenvalue weighted by atomic mass is 10.1. The van der Waals surface area contributed by atoms with Gasteiger partial charge in [0.2, 0.25) is 28.5 Å². The molecule has 276 valence electrons. The number of hydrogen-bond donors (Lipinski definition) is 4. The maximum atomic E-state index is 12.8. The summed E-state index contributed by atoms with van der Waals surface area (Å²) < 4.78 is 12.3. The summed E-state index contributed by atoms with van der Waals surface area (Å²) in [5.74, 6) is 1.08. The summed E-state index contributed by atoms with van der Waals surface area (Å²) >= 11 is 11.8. The van der Waals surface area contributed by atoms with Gasteiger partial charge in [-0.2, -0.15) is 0 Å². The van der Waals surface area contributed by atoms with Gasteiger partial charge < -0.3 is 29.4 Å². The number of nitrogens with zero attached hydrogens (tertiary/aromatic N) is 2. The van der Waals surface area contributed by atoms with Crippen LogP contribution >= 0.6 is 23.2 Å². The highest BCUT2D eigenvalue weighted by atomic mass is 35.5. The average molecular weight is 784 g/mol. The van der Waals surface area contributed by atoms with E-state index in [9.17, 15) is 38.4 Å². The molecule has 18 heteroatoms. The van der Waals surface area contributed by atoms with Crippen LogP contribution in [0.5, 0.6) is 11.5 Å². The van der Waals surface area contributed by atoms with E-state index >= 15 is 0 Å². The highest BCUT2D eigenvalue weighted by Gasteiger charge is 2.25. The van der Waals surface area contributed by atoms with E-state index in [1.54, 1.807) is 38.1 Å². The molecule has 0 aliphatic carbocycles. The van der Waals surface area contributed by atoms with E-state index in [0.717, 1.165) is 9.13 Å². The first-order valence-electron chi connectivity index (χ1n) is 16.4. The van der Waals surface area contributed by atoms with Crippen LogP contribution in [0.15, 0.2) is 87.1 Å². The molecule has 8 aromatic rings. The molecule has 0 bridgehead atoms. The lowest BCUT2D eigenvalue weighted by Gasteiger charge is -2.03. The number of H-pyrrole nitrogens is 4. The second kappa shape index (κ2) is 13.0. The van der Waals surface area contributed by atoms with Crippen molar-refractivity contribution in [2.45, 2.75) is 26.9 Å². The Morgan fingerprint density at radius 2 is 0.964 bits per heavy atom. The predicted molar refractivity (Wildman–Crippen MR) is 206 cm³/mol. The first kappa shape index (κ1) is 35.3. The Morgan fingerprint density at radius 1 is 0.545 bits per heavy atom. The van der Waals surface area contributed by atoms with Crippen LogP contribution in [0.25, 0.3) is 43.6 Å². The average Bonchev–Trinajstić information content (AvgIpc) is 3.80. The highest BCUT2D eigenvalue weighted by molar-refractivity contribution is 6.42. The van der Waals surface area contributed by atoms with Crippen molar-refractivity contribution in [2.24, 2.45) is 0 Å². The van der Waals surface area contributed by atoms with Gasteiger partial charge in [0.25, 0.3) is 22.2 Å². The van der Waals surface area contributed by atoms with Crippen molar-refractivity contribution in [3.63, 3.8) is 0 Å². The van der Waals surface area contributed by atoms with E-state index in [0.29, 0.717) is 39.0 Å². The zero-order valence-electron chi connectivity index (χ0n) is 28.5. The zero-order valence-corrected chi connectivity index (χ0v) is 30.0. The monoisotopic (exact) mass is 782 g/mol. The largest absolute Gasteiger partial charge is 0.454 e. The van der Waals surface area contributed by atoms with Crippen molar-refractivity contribution in [3.05, 3.63) is 164 Å². The number of fused-ring (bicyclic) bond motifs is 5. The van der Waals surface area contributed by atoms with Crippen LogP contribution in [0.4, 0.5) is 0 Å². The molecule has 1 aliphatic heterocycles. The minimum Gasteiger partial charge on any atom is -0.454 e. The van der Waals surface area contributed by atoms with Crippen molar-refractivity contribution in [1.29, 1.82) is 0 Å². The molecule has 0 radical (unpaired) electrons. The maximum Gasteiger partial charge on any atom is 0.266 e. The van der Waals surface area contributed by atoms with Crippen molar-refractivity contribution in [2.75, 3.05) is 6.79 Å². The minimum atomic E-state index is -0.806. The summed E-state index contributed by atoms with van der Waals surface area (Å²) in [5, 5.41) is -1.00. The summed E-state index contributed by atoms with van der Waals surface area (Å²) in [5.41, 5.74) is -3.65. The summed E-state index contributed by atoms with van der Waals surface area (Å²) in [4.78, 5) is 113. The second-order valence-corrected chi connectivity index (χ2v) is 13.7. The lowest BCUT2D eigenvalue weighted by molar-refractivity contribution is 0.174. The van der Waals surface area contributed by atoms with E-state index in [1.165, 1.54) is 24.5 Å². The van der Waals surface area contributed by atoms with Gasteiger partial charge in [0.05, 0.1) is 23.1 Å². The fraction of sp³-hybridized carbons (Fsp3) is 0.135. The zero-order chi connectivity index (χ0) is 39.0. The summed E-state index contributed by atoms with van der Waals surface area (Å²) in [6, 6.07) is 9.68. The molecule has 9 rings (SSSR count). The van der Waals surface area contributed by atoms with E-state index in [4.69, 9.17) is 32.7 Å². The molecular formula is C37H24Cl2N6O10. The van der Waals surface area contributed by atoms with E-state index in [2.05, 4.69) is 19.9 Å². The van der Waals surface area contributed by atoms with Crippen LogP contribution in [-0.4, -0.2) is 35.9 Å². The van der Waals surface area contributed by atoms with Gasteiger partial charge in [-0.1, -0.05) is 35.3 Å². The SMILES string of the molecule is Cc1c[nH]c2c(=O)c3c(=O)n(Cc4ccc(Cl)c(Cl)c4)c(=O)c3c(=O)c2[nH]1.Cc1c[nH]c2c(=O)c3c(=O)n(Cc4ccc5c(c4)OCO5)c(=O)c3c(=O)c2[nH]1. The van der Waals surface area contributed by atoms with Crippen LogP contribution in [0.1, 0.15) is 22.5 Å². The molecule has 4 aromatic carbocycles. The quantitative estimate of drug-likeness (QED) is 0.204. The Kier molecular flexibility index (Phi) is 8.31. The third-order valence-corrected chi connectivity index (χ3v) is 10.0. The van der Waals surface area contributed by atoms with Crippen LogP contribution < -0.4 is 53.4 Å². The van der Waals surface area contributed by atoms with Crippen LogP contribution in [0.2, 0.25) is 10.0 Å². The number of aromatic nitrogens is 6. The summed E-state index contributed by atoms with van der Waals surface area (Å²) in [7, 11) is 0. The van der Waals surface area contributed by atoms with Gasteiger partial charge in [0.15, 0.2) is 11.5 Å². The van der Waals surface area contributed by atoms with Crippen molar-refractivity contribution >= 4 is 66.8 Å². The first-order valence-corrected chi connectivity index (χ1v) is 17.1.